The van der Waals surface area contributed by atoms with E-state index in [0.29, 0.717) is 5.69 Å². The zero-order valence-corrected chi connectivity index (χ0v) is 23.1. The van der Waals surface area contributed by atoms with Crippen LogP contribution in [0.25, 0.3) is 0 Å². The lowest BCUT2D eigenvalue weighted by Crippen LogP contribution is -2.40. The van der Waals surface area contributed by atoms with Gasteiger partial charge in [0.25, 0.3) is 0 Å². The quantitative estimate of drug-likeness (QED) is 0.217. The molecular formula is C27H27N3O9S. The van der Waals surface area contributed by atoms with Gasteiger partial charge in [0.05, 0.1) is 23.1 Å². The highest BCUT2D eigenvalue weighted by Crippen LogP contribution is 2.57. The minimum atomic E-state index is -3.87. The standard InChI is InChI=1S/C27H27N3O9S/c1-12-23(34)21(14(3)31)25-22(24(12)35)27(4)18(39-25)10-17(32)20(26(27)36)13(2)29-15-7-6-8-16(9-15)30(11-19(28)33)40(5,37)38/h6-10,29,34-35H,11H2,1-5H3,(H2,28,33)/t27-/m0/s1. The third-order valence-electron chi connectivity index (χ3n) is 6.93. The zero-order valence-electron chi connectivity index (χ0n) is 22.3. The van der Waals surface area contributed by atoms with Gasteiger partial charge in [-0.05, 0) is 45.9 Å². The Hall–Kier alpha value is -4.65. The van der Waals surface area contributed by atoms with E-state index < -0.39 is 56.7 Å². The fourth-order valence-electron chi connectivity index (χ4n) is 4.92. The Bertz CT molecular complexity index is 1710. The SMILES string of the molecule is CC(=O)c1c(O)c(C)c(O)c2c1OC1=CC(=O)C(=C(C)Nc3cccc(N(CC(N)=O)S(C)(=O)=O)c3)C(=O)[C@@]12C. The number of primary amides is 1. The monoisotopic (exact) mass is 569 g/mol. The van der Waals surface area contributed by atoms with Crippen LogP contribution in [0, 0.1) is 6.92 Å². The number of fused-ring (bicyclic) bond motifs is 3. The van der Waals surface area contributed by atoms with E-state index >= 15 is 0 Å². The van der Waals surface area contributed by atoms with Crippen molar-refractivity contribution in [2.24, 2.45) is 5.73 Å². The Morgan fingerprint density at radius 1 is 1.15 bits per heavy atom. The third kappa shape index (κ3) is 4.37. The number of nitrogens with two attached hydrogens (primary N) is 1. The van der Waals surface area contributed by atoms with Gasteiger partial charge in [-0.2, -0.15) is 0 Å². The van der Waals surface area contributed by atoms with Crippen LogP contribution in [-0.4, -0.2) is 54.7 Å². The summed E-state index contributed by atoms with van der Waals surface area (Å²) in [6.07, 6.45) is 2.01. The second kappa shape index (κ2) is 9.52. The van der Waals surface area contributed by atoms with Crippen LogP contribution >= 0.6 is 0 Å². The molecule has 0 unspecified atom stereocenters. The molecule has 5 N–H and O–H groups in total. The Morgan fingerprint density at radius 3 is 2.38 bits per heavy atom. The normalized spacial score (nSPS) is 19.3. The minimum absolute atomic E-state index is 0.0247. The molecule has 0 bridgehead atoms. The Balaban J connectivity index is 1.81. The summed E-state index contributed by atoms with van der Waals surface area (Å²) >= 11 is 0. The van der Waals surface area contributed by atoms with Gasteiger partial charge in [-0.1, -0.05) is 6.07 Å². The molecule has 0 radical (unpaired) electrons. The molecule has 1 atom stereocenters. The molecule has 0 fully saturated rings. The van der Waals surface area contributed by atoms with Crippen molar-refractivity contribution in [2.75, 3.05) is 22.4 Å². The van der Waals surface area contributed by atoms with Crippen LogP contribution in [0.4, 0.5) is 11.4 Å². The molecule has 1 aliphatic carbocycles. The first-order valence-electron chi connectivity index (χ1n) is 11.9. The van der Waals surface area contributed by atoms with Crippen molar-refractivity contribution in [2.45, 2.75) is 33.1 Å². The van der Waals surface area contributed by atoms with Crippen LogP contribution < -0.4 is 20.1 Å². The predicted molar refractivity (Wildman–Crippen MR) is 145 cm³/mol. The number of Topliss-reactive ketones (excluding diaryl/α,β-unsaturated/α-hetero) is 2. The summed E-state index contributed by atoms with van der Waals surface area (Å²) in [5.74, 6) is -4.09. The minimum Gasteiger partial charge on any atom is -0.507 e. The Kier molecular flexibility index (Phi) is 6.75. The maximum Gasteiger partial charge on any atom is 0.238 e. The van der Waals surface area contributed by atoms with Crippen molar-refractivity contribution in [1.29, 1.82) is 0 Å². The number of rotatable bonds is 7. The number of phenolic OH excluding ortho intramolecular Hbond substituents is 2. The summed E-state index contributed by atoms with van der Waals surface area (Å²) in [6, 6.07) is 5.92. The number of aromatic hydroxyl groups is 2. The van der Waals surface area contributed by atoms with E-state index in [4.69, 9.17) is 10.5 Å². The van der Waals surface area contributed by atoms with Gasteiger partial charge in [0.15, 0.2) is 17.3 Å². The number of nitrogens with one attached hydrogen (secondary N) is 1. The van der Waals surface area contributed by atoms with E-state index in [2.05, 4.69) is 5.32 Å². The molecule has 0 saturated carbocycles. The van der Waals surface area contributed by atoms with Crippen LogP contribution in [0.15, 0.2) is 47.4 Å². The summed E-state index contributed by atoms with van der Waals surface area (Å²) in [7, 11) is -3.87. The van der Waals surface area contributed by atoms with E-state index in [9.17, 15) is 37.8 Å². The lowest BCUT2D eigenvalue weighted by Gasteiger charge is -2.29. The van der Waals surface area contributed by atoms with Crippen molar-refractivity contribution in [3.8, 4) is 17.2 Å². The topological polar surface area (TPSA) is 193 Å². The lowest BCUT2D eigenvalue weighted by atomic mass is 9.70. The number of amides is 1. The smallest absolute Gasteiger partial charge is 0.238 e. The summed E-state index contributed by atoms with van der Waals surface area (Å²) in [4.78, 5) is 50.9. The van der Waals surface area contributed by atoms with Crippen molar-refractivity contribution in [1.82, 2.24) is 0 Å². The molecule has 1 amide bonds. The number of anilines is 2. The summed E-state index contributed by atoms with van der Waals surface area (Å²) in [5.41, 5.74) is 3.50. The molecule has 1 heterocycles. The van der Waals surface area contributed by atoms with Gasteiger partial charge < -0.3 is 26.0 Å². The fourth-order valence-corrected chi connectivity index (χ4v) is 5.78. The number of ketones is 3. The van der Waals surface area contributed by atoms with E-state index in [1.54, 1.807) is 6.07 Å². The summed E-state index contributed by atoms with van der Waals surface area (Å²) in [5, 5.41) is 24.4. The van der Waals surface area contributed by atoms with E-state index in [1.165, 1.54) is 45.9 Å². The highest BCUT2D eigenvalue weighted by atomic mass is 32.2. The number of sulfonamides is 1. The number of phenols is 2. The number of ether oxygens (including phenoxy) is 1. The molecular weight excluding hydrogens is 542 g/mol. The van der Waals surface area contributed by atoms with Gasteiger partial charge >= 0.3 is 0 Å². The highest BCUT2D eigenvalue weighted by molar-refractivity contribution is 7.92. The lowest BCUT2D eigenvalue weighted by molar-refractivity contribution is -0.123. The second-order valence-electron chi connectivity index (χ2n) is 9.80. The van der Waals surface area contributed by atoms with Crippen molar-refractivity contribution < 1.29 is 42.5 Å². The first-order valence-corrected chi connectivity index (χ1v) is 13.8. The Morgan fingerprint density at radius 2 is 1.80 bits per heavy atom. The molecule has 12 nitrogen and oxygen atoms in total. The Labute approximate surface area is 229 Å². The van der Waals surface area contributed by atoms with Crippen LogP contribution in [0.5, 0.6) is 17.2 Å². The summed E-state index contributed by atoms with van der Waals surface area (Å²) < 4.78 is 31.0. The predicted octanol–water partition coefficient (Wildman–Crippen LogP) is 1.93. The van der Waals surface area contributed by atoms with Gasteiger partial charge in [0.1, 0.15) is 40.5 Å². The average Bonchev–Trinajstić information content (AvgIpc) is 3.13. The third-order valence-corrected chi connectivity index (χ3v) is 8.07. The number of allylic oxidation sites excluding steroid dienone is 4. The van der Waals surface area contributed by atoms with Gasteiger partial charge in [-0.15, -0.1) is 0 Å². The number of hydrogen-bond acceptors (Lipinski definition) is 10. The summed E-state index contributed by atoms with van der Waals surface area (Å²) in [6.45, 7) is 4.90. The molecule has 210 valence electrons. The van der Waals surface area contributed by atoms with Crippen LogP contribution in [0.2, 0.25) is 0 Å². The maximum absolute atomic E-state index is 14.0. The molecule has 2 aromatic rings. The van der Waals surface area contributed by atoms with Crippen molar-refractivity contribution in [3.05, 3.63) is 64.1 Å². The molecule has 0 saturated heterocycles. The fraction of sp³-hybridized carbons (Fsp3) is 0.259. The maximum atomic E-state index is 14.0. The zero-order chi connectivity index (χ0) is 29.9. The molecule has 0 spiro atoms. The van der Waals surface area contributed by atoms with Gasteiger partial charge in [0.2, 0.25) is 15.9 Å². The number of carbonyl (C=O) groups excluding carboxylic acids is 4. The number of hydrogen-bond donors (Lipinski definition) is 4. The largest absolute Gasteiger partial charge is 0.507 e. The van der Waals surface area contributed by atoms with Crippen molar-refractivity contribution in [3.63, 3.8) is 0 Å². The van der Waals surface area contributed by atoms with Gasteiger partial charge in [-0.3, -0.25) is 23.5 Å². The van der Waals surface area contributed by atoms with Crippen molar-refractivity contribution >= 4 is 44.7 Å². The molecule has 0 aromatic heterocycles. The first-order chi connectivity index (χ1) is 18.5. The first kappa shape index (κ1) is 28.4. The van der Waals surface area contributed by atoms with Gasteiger partial charge in [-0.25, -0.2) is 8.42 Å². The number of carbonyl (C=O) groups is 4. The molecule has 1 aliphatic heterocycles. The highest BCUT2D eigenvalue weighted by Gasteiger charge is 2.56. The molecule has 2 aromatic carbocycles. The molecule has 40 heavy (non-hydrogen) atoms. The number of benzene rings is 2. The van der Waals surface area contributed by atoms with Crippen LogP contribution in [0.1, 0.15) is 42.3 Å². The van der Waals surface area contributed by atoms with E-state index in [-0.39, 0.29) is 45.2 Å². The molecule has 13 heteroatoms. The average molecular weight is 570 g/mol. The van der Waals surface area contributed by atoms with E-state index in [1.807, 2.05) is 0 Å². The van der Waals surface area contributed by atoms with Crippen LogP contribution in [0.3, 0.4) is 0 Å². The second-order valence-corrected chi connectivity index (χ2v) is 11.7. The molecule has 2 aliphatic rings. The van der Waals surface area contributed by atoms with E-state index in [0.717, 1.165) is 16.6 Å². The van der Waals surface area contributed by atoms with Crippen LogP contribution in [-0.2, 0) is 29.8 Å². The number of nitrogens with zero attached hydrogens (tertiary/aromatic N) is 1. The van der Waals surface area contributed by atoms with Gasteiger partial charge in [0, 0.05) is 23.0 Å². The molecule has 4 rings (SSSR count).